The summed E-state index contributed by atoms with van der Waals surface area (Å²) in [5.74, 6) is 1.55. The topological polar surface area (TPSA) is 77.5 Å². The molecule has 0 amide bonds. The molecular formula is C21H20N6O2. The molecule has 8 nitrogen and oxygen atoms in total. The molecule has 0 unspecified atom stereocenters. The maximum Gasteiger partial charge on any atom is 0.170 e. The number of benzene rings is 1. The number of hydrogen-bond donors (Lipinski definition) is 0. The van der Waals surface area contributed by atoms with E-state index in [-0.39, 0.29) is 0 Å². The first-order valence-corrected chi connectivity index (χ1v) is 9.53. The van der Waals surface area contributed by atoms with Gasteiger partial charge < -0.3 is 9.64 Å². The number of aldehydes is 1. The molecule has 29 heavy (non-hydrogen) atoms. The number of aromatic nitrogens is 5. The highest BCUT2D eigenvalue weighted by Crippen LogP contribution is 2.23. The molecule has 1 fully saturated rings. The lowest BCUT2D eigenvalue weighted by Crippen LogP contribution is -2.37. The van der Waals surface area contributed by atoms with E-state index in [1.165, 1.54) is 5.56 Å². The second kappa shape index (κ2) is 7.14. The van der Waals surface area contributed by atoms with Crippen LogP contribution in [0.25, 0.3) is 22.7 Å². The third-order valence-corrected chi connectivity index (χ3v) is 5.01. The molecule has 0 spiro atoms. The molecule has 1 saturated heterocycles. The predicted octanol–water partition coefficient (Wildman–Crippen LogP) is 2.54. The van der Waals surface area contributed by atoms with Crippen LogP contribution >= 0.6 is 0 Å². The number of ether oxygens (including phenoxy) is 1. The van der Waals surface area contributed by atoms with Gasteiger partial charge in [0.25, 0.3) is 0 Å². The summed E-state index contributed by atoms with van der Waals surface area (Å²) < 4.78 is 8.95. The molecule has 0 bridgehead atoms. The van der Waals surface area contributed by atoms with Crippen LogP contribution in [0.4, 0.5) is 5.82 Å². The zero-order valence-electron chi connectivity index (χ0n) is 16.0. The number of aryl methyl sites for hydroxylation is 1. The fourth-order valence-corrected chi connectivity index (χ4v) is 3.57. The minimum atomic E-state index is 0.352. The van der Waals surface area contributed by atoms with Crippen molar-refractivity contribution in [3.63, 3.8) is 0 Å². The Bertz CT molecular complexity index is 1190. The Kier molecular flexibility index (Phi) is 4.33. The lowest BCUT2D eigenvalue weighted by Gasteiger charge is -2.29. The van der Waals surface area contributed by atoms with Gasteiger partial charge in [0, 0.05) is 37.0 Å². The molecule has 1 aliphatic heterocycles. The van der Waals surface area contributed by atoms with Crippen molar-refractivity contribution in [1.82, 2.24) is 24.4 Å². The van der Waals surface area contributed by atoms with Gasteiger partial charge in [-0.25, -0.2) is 9.67 Å². The zero-order valence-corrected chi connectivity index (χ0v) is 16.0. The van der Waals surface area contributed by atoms with Crippen LogP contribution in [0.2, 0.25) is 0 Å². The molecular weight excluding hydrogens is 368 g/mol. The van der Waals surface area contributed by atoms with Crippen molar-refractivity contribution in [2.75, 3.05) is 31.2 Å². The maximum atomic E-state index is 11.3. The summed E-state index contributed by atoms with van der Waals surface area (Å²) in [5.41, 5.74) is 4.09. The number of carbonyl (C=O) groups excluding carboxylic acids is 1. The predicted molar refractivity (Wildman–Crippen MR) is 109 cm³/mol. The third-order valence-electron chi connectivity index (χ3n) is 5.01. The molecule has 5 rings (SSSR count). The largest absolute Gasteiger partial charge is 0.378 e. The Hall–Kier alpha value is -3.52. The van der Waals surface area contributed by atoms with Crippen LogP contribution in [0, 0.1) is 6.92 Å². The van der Waals surface area contributed by atoms with Crippen LogP contribution in [-0.2, 0) is 4.74 Å². The molecule has 0 atom stereocenters. The molecule has 0 N–H and O–H groups in total. The smallest absolute Gasteiger partial charge is 0.170 e. The van der Waals surface area contributed by atoms with E-state index in [0.717, 1.165) is 36.5 Å². The van der Waals surface area contributed by atoms with E-state index in [2.05, 4.69) is 34.0 Å². The summed E-state index contributed by atoms with van der Waals surface area (Å²) >= 11 is 0. The van der Waals surface area contributed by atoms with Gasteiger partial charge in [0.15, 0.2) is 17.8 Å². The van der Waals surface area contributed by atoms with Crippen molar-refractivity contribution >= 4 is 17.8 Å². The number of hydrogen-bond acceptors (Lipinski definition) is 6. The summed E-state index contributed by atoms with van der Waals surface area (Å²) in [6, 6.07) is 13.9. The normalized spacial score (nSPS) is 14.4. The fourth-order valence-electron chi connectivity index (χ4n) is 3.57. The second-order valence-corrected chi connectivity index (χ2v) is 7.04. The summed E-state index contributed by atoms with van der Waals surface area (Å²) in [6.07, 6.45) is 2.64. The molecule has 4 aromatic rings. The first-order chi connectivity index (χ1) is 14.2. The van der Waals surface area contributed by atoms with Gasteiger partial charge in [-0.3, -0.25) is 4.79 Å². The van der Waals surface area contributed by atoms with Gasteiger partial charge in [-0.2, -0.15) is 14.7 Å². The van der Waals surface area contributed by atoms with E-state index >= 15 is 0 Å². The van der Waals surface area contributed by atoms with E-state index < -0.39 is 0 Å². The standard InChI is InChI=1S/C21H20N6O2/c1-15-3-2-4-16(11-15)18-5-6-26(24-18)19-13-21(25-7-9-29-10-8-25)27-20(22-19)12-17(14-28)23-27/h2-6,11-14H,7-10H2,1H3. The quantitative estimate of drug-likeness (QED) is 0.500. The van der Waals surface area contributed by atoms with Gasteiger partial charge in [-0.05, 0) is 19.1 Å². The maximum absolute atomic E-state index is 11.3. The summed E-state index contributed by atoms with van der Waals surface area (Å²) in [6.45, 7) is 4.88. The van der Waals surface area contributed by atoms with Crippen molar-refractivity contribution in [2.24, 2.45) is 0 Å². The lowest BCUT2D eigenvalue weighted by molar-refractivity contribution is 0.111. The molecule has 0 saturated carbocycles. The minimum Gasteiger partial charge on any atom is -0.378 e. The highest BCUT2D eigenvalue weighted by Gasteiger charge is 2.19. The number of nitrogens with zero attached hydrogens (tertiary/aromatic N) is 6. The summed E-state index contributed by atoms with van der Waals surface area (Å²) in [5, 5.41) is 9.10. The fraction of sp³-hybridized carbons (Fsp3) is 0.238. The van der Waals surface area contributed by atoms with Crippen molar-refractivity contribution in [3.8, 4) is 17.1 Å². The van der Waals surface area contributed by atoms with Gasteiger partial charge in [0.1, 0.15) is 11.5 Å². The summed E-state index contributed by atoms with van der Waals surface area (Å²) in [4.78, 5) is 18.1. The molecule has 146 valence electrons. The minimum absolute atomic E-state index is 0.352. The SMILES string of the molecule is Cc1cccc(-c2ccn(-c3cc(N4CCOCC4)n4nc(C=O)cc4n3)n2)c1. The van der Waals surface area contributed by atoms with E-state index in [1.54, 1.807) is 15.3 Å². The van der Waals surface area contributed by atoms with E-state index in [1.807, 2.05) is 30.5 Å². The second-order valence-electron chi connectivity index (χ2n) is 7.04. The number of rotatable bonds is 4. The van der Waals surface area contributed by atoms with E-state index in [0.29, 0.717) is 30.4 Å². The van der Waals surface area contributed by atoms with E-state index in [4.69, 9.17) is 9.84 Å². The highest BCUT2D eigenvalue weighted by atomic mass is 16.5. The van der Waals surface area contributed by atoms with Crippen LogP contribution in [0.3, 0.4) is 0 Å². The molecule has 8 heteroatoms. The van der Waals surface area contributed by atoms with Crippen LogP contribution in [-0.4, -0.2) is 57.0 Å². The first kappa shape index (κ1) is 17.6. The first-order valence-electron chi connectivity index (χ1n) is 9.53. The third kappa shape index (κ3) is 3.27. The number of fused-ring (bicyclic) bond motifs is 1. The van der Waals surface area contributed by atoms with Gasteiger partial charge in [0.2, 0.25) is 0 Å². The molecule has 0 radical (unpaired) electrons. The van der Waals surface area contributed by atoms with Crippen LogP contribution in [0.1, 0.15) is 16.1 Å². The van der Waals surface area contributed by atoms with Crippen molar-refractivity contribution in [3.05, 3.63) is 59.9 Å². The molecule has 0 aliphatic carbocycles. The lowest BCUT2D eigenvalue weighted by atomic mass is 10.1. The van der Waals surface area contributed by atoms with Gasteiger partial charge in [-0.1, -0.05) is 23.8 Å². The van der Waals surface area contributed by atoms with Crippen molar-refractivity contribution < 1.29 is 9.53 Å². The Morgan fingerprint density at radius 2 is 1.93 bits per heavy atom. The van der Waals surface area contributed by atoms with Crippen LogP contribution in [0.5, 0.6) is 0 Å². The molecule has 3 aromatic heterocycles. The summed E-state index contributed by atoms with van der Waals surface area (Å²) in [7, 11) is 0. The Labute approximate surface area is 167 Å². The Morgan fingerprint density at radius 3 is 2.72 bits per heavy atom. The molecule has 4 heterocycles. The monoisotopic (exact) mass is 388 g/mol. The van der Waals surface area contributed by atoms with Gasteiger partial charge >= 0.3 is 0 Å². The molecule has 1 aliphatic rings. The Balaban J connectivity index is 1.60. The average molecular weight is 388 g/mol. The van der Waals surface area contributed by atoms with Gasteiger partial charge in [0.05, 0.1) is 18.9 Å². The van der Waals surface area contributed by atoms with Crippen LogP contribution < -0.4 is 4.90 Å². The van der Waals surface area contributed by atoms with Crippen LogP contribution in [0.15, 0.2) is 48.7 Å². The number of anilines is 1. The Morgan fingerprint density at radius 1 is 1.07 bits per heavy atom. The zero-order chi connectivity index (χ0) is 19.8. The van der Waals surface area contributed by atoms with Crippen molar-refractivity contribution in [2.45, 2.75) is 6.92 Å². The number of morpholine rings is 1. The average Bonchev–Trinajstić information content (AvgIpc) is 3.41. The van der Waals surface area contributed by atoms with Gasteiger partial charge in [-0.15, -0.1) is 0 Å². The highest BCUT2D eigenvalue weighted by molar-refractivity contribution is 5.75. The van der Waals surface area contributed by atoms with E-state index in [9.17, 15) is 4.79 Å². The van der Waals surface area contributed by atoms with Crippen molar-refractivity contribution in [1.29, 1.82) is 0 Å². The number of carbonyl (C=O) groups is 1. The molecule has 1 aromatic carbocycles.